The summed E-state index contributed by atoms with van der Waals surface area (Å²) >= 11 is 1.81. The van der Waals surface area contributed by atoms with Crippen molar-refractivity contribution in [2.24, 2.45) is 4.99 Å². The molecule has 0 spiro atoms. The maximum atomic E-state index is 11.7. The van der Waals surface area contributed by atoms with Crippen LogP contribution in [0, 0.1) is 0 Å². The van der Waals surface area contributed by atoms with Crippen LogP contribution < -0.4 is 10.6 Å². The fourth-order valence-electron chi connectivity index (χ4n) is 2.95. The topological polar surface area (TPSA) is 60.0 Å². The average molecular weight is 366 g/mol. The van der Waals surface area contributed by atoms with Crippen LogP contribution in [0.1, 0.15) is 37.1 Å². The first-order valence-electron chi connectivity index (χ1n) is 9.11. The number of nitrogens with zero attached hydrogens (tertiary/aromatic N) is 3. The Balaban J connectivity index is 1.95. The Labute approximate surface area is 155 Å². The Kier molecular flexibility index (Phi) is 8.21. The van der Waals surface area contributed by atoms with Crippen molar-refractivity contribution in [2.75, 3.05) is 46.8 Å². The Hall–Kier alpha value is -1.60. The Morgan fingerprint density at radius 3 is 2.72 bits per heavy atom. The highest BCUT2D eigenvalue weighted by Gasteiger charge is 2.24. The number of nitrogens with one attached hydrogen (secondary N) is 2. The van der Waals surface area contributed by atoms with E-state index in [0.717, 1.165) is 32.1 Å². The van der Waals surface area contributed by atoms with Crippen LogP contribution in [0.4, 0.5) is 0 Å². The molecule has 0 radical (unpaired) electrons. The lowest BCUT2D eigenvalue weighted by molar-refractivity contribution is -0.128. The lowest BCUT2D eigenvalue weighted by Gasteiger charge is -2.25. The summed E-state index contributed by atoms with van der Waals surface area (Å²) in [5.74, 6) is 0.909. The highest BCUT2D eigenvalue weighted by Crippen LogP contribution is 2.28. The molecule has 1 atom stereocenters. The minimum Gasteiger partial charge on any atom is -0.357 e. The standard InChI is InChI=1S/C18H31N5OS/c1-4-19-18(20-10-9-17(24)22(2)3)21-14-15(16-8-7-13-25-16)23-11-5-6-12-23/h7-8,13,15H,4-6,9-12,14H2,1-3H3,(H2,19,20,21). The van der Waals surface area contributed by atoms with Gasteiger partial charge in [0.1, 0.15) is 0 Å². The van der Waals surface area contributed by atoms with Gasteiger partial charge in [0, 0.05) is 38.5 Å². The third-order valence-electron chi connectivity index (χ3n) is 4.35. The van der Waals surface area contributed by atoms with Crippen molar-refractivity contribution in [3.05, 3.63) is 22.4 Å². The monoisotopic (exact) mass is 365 g/mol. The number of aliphatic imine (C=N–C) groups is 1. The Morgan fingerprint density at radius 1 is 1.36 bits per heavy atom. The minimum absolute atomic E-state index is 0.122. The van der Waals surface area contributed by atoms with Crippen LogP contribution in [0.2, 0.25) is 0 Å². The average Bonchev–Trinajstić information content (AvgIpc) is 3.29. The highest BCUT2D eigenvalue weighted by molar-refractivity contribution is 7.10. The number of carbonyl (C=O) groups is 1. The van der Waals surface area contributed by atoms with Crippen molar-refractivity contribution >= 4 is 23.2 Å². The van der Waals surface area contributed by atoms with Gasteiger partial charge in [-0.1, -0.05) is 6.07 Å². The number of guanidine groups is 1. The van der Waals surface area contributed by atoms with Gasteiger partial charge in [0.25, 0.3) is 0 Å². The van der Waals surface area contributed by atoms with Gasteiger partial charge in [-0.25, -0.2) is 0 Å². The first kappa shape index (κ1) is 19.7. The van der Waals surface area contributed by atoms with Gasteiger partial charge in [0.05, 0.1) is 12.6 Å². The Bertz CT molecular complexity index is 538. The largest absolute Gasteiger partial charge is 0.357 e. The van der Waals surface area contributed by atoms with Crippen LogP contribution in [-0.2, 0) is 4.79 Å². The summed E-state index contributed by atoms with van der Waals surface area (Å²) in [6, 6.07) is 4.67. The van der Waals surface area contributed by atoms with Crippen LogP contribution in [-0.4, -0.2) is 68.5 Å². The van der Waals surface area contributed by atoms with Crippen LogP contribution >= 0.6 is 11.3 Å². The van der Waals surface area contributed by atoms with E-state index in [0.29, 0.717) is 19.0 Å². The van der Waals surface area contributed by atoms with Crippen LogP contribution in [0.5, 0.6) is 0 Å². The molecule has 25 heavy (non-hydrogen) atoms. The van der Waals surface area contributed by atoms with Crippen molar-refractivity contribution in [3.63, 3.8) is 0 Å². The number of carbonyl (C=O) groups excluding carboxylic acids is 1. The van der Waals surface area contributed by atoms with E-state index in [4.69, 9.17) is 4.99 Å². The zero-order chi connectivity index (χ0) is 18.1. The van der Waals surface area contributed by atoms with E-state index in [1.165, 1.54) is 17.7 Å². The molecule has 0 aliphatic carbocycles. The molecule has 2 N–H and O–H groups in total. The lowest BCUT2D eigenvalue weighted by atomic mass is 10.2. The molecule has 7 heteroatoms. The van der Waals surface area contributed by atoms with E-state index in [9.17, 15) is 4.79 Å². The summed E-state index contributed by atoms with van der Waals surface area (Å²) in [7, 11) is 3.56. The zero-order valence-corrected chi connectivity index (χ0v) is 16.4. The van der Waals surface area contributed by atoms with Gasteiger partial charge < -0.3 is 15.5 Å². The number of hydrogen-bond donors (Lipinski definition) is 2. The van der Waals surface area contributed by atoms with Crippen molar-refractivity contribution in [1.29, 1.82) is 0 Å². The summed E-state index contributed by atoms with van der Waals surface area (Å²) < 4.78 is 0. The van der Waals surface area contributed by atoms with Gasteiger partial charge in [-0.2, -0.15) is 0 Å². The number of thiophene rings is 1. The SMILES string of the molecule is CCNC(=NCC(c1cccs1)N1CCCC1)NCCC(=O)N(C)C. The molecule has 1 aliphatic heterocycles. The summed E-state index contributed by atoms with van der Waals surface area (Å²) in [6.45, 7) is 6.49. The van der Waals surface area contributed by atoms with Crippen molar-refractivity contribution in [2.45, 2.75) is 32.2 Å². The van der Waals surface area contributed by atoms with Crippen LogP contribution in [0.3, 0.4) is 0 Å². The molecule has 1 aliphatic rings. The quantitative estimate of drug-likeness (QED) is 0.546. The van der Waals surface area contributed by atoms with E-state index in [1.54, 1.807) is 30.3 Å². The molecule has 2 rings (SSSR count). The van der Waals surface area contributed by atoms with Crippen molar-refractivity contribution < 1.29 is 4.79 Å². The van der Waals surface area contributed by atoms with Gasteiger partial charge in [-0.3, -0.25) is 14.7 Å². The van der Waals surface area contributed by atoms with E-state index in [-0.39, 0.29) is 5.91 Å². The first-order valence-corrected chi connectivity index (χ1v) is 9.99. The maximum Gasteiger partial charge on any atom is 0.223 e. The lowest BCUT2D eigenvalue weighted by Crippen LogP contribution is -2.40. The maximum absolute atomic E-state index is 11.7. The molecule has 1 aromatic rings. The molecule has 0 bridgehead atoms. The molecular weight excluding hydrogens is 334 g/mol. The summed E-state index contributed by atoms with van der Waals surface area (Å²) in [5.41, 5.74) is 0. The smallest absolute Gasteiger partial charge is 0.223 e. The molecule has 0 saturated carbocycles. The molecule has 2 heterocycles. The molecule has 1 fully saturated rings. The normalized spacial score (nSPS) is 16.7. The van der Waals surface area contributed by atoms with Gasteiger partial charge in [-0.15, -0.1) is 11.3 Å². The number of likely N-dealkylation sites (tertiary alicyclic amines) is 1. The molecule has 0 aromatic carbocycles. The highest BCUT2D eigenvalue weighted by atomic mass is 32.1. The molecule has 1 unspecified atom stereocenters. The molecule has 140 valence electrons. The van der Waals surface area contributed by atoms with Crippen LogP contribution in [0.15, 0.2) is 22.5 Å². The van der Waals surface area contributed by atoms with E-state index in [2.05, 4.69) is 40.0 Å². The third-order valence-corrected chi connectivity index (χ3v) is 5.32. The molecule has 1 aromatic heterocycles. The number of amides is 1. The fraction of sp³-hybridized carbons (Fsp3) is 0.667. The first-order chi connectivity index (χ1) is 12.1. The fourth-order valence-corrected chi connectivity index (χ4v) is 3.80. The van der Waals surface area contributed by atoms with E-state index < -0.39 is 0 Å². The molecule has 6 nitrogen and oxygen atoms in total. The van der Waals surface area contributed by atoms with Crippen LogP contribution in [0.25, 0.3) is 0 Å². The second-order valence-electron chi connectivity index (χ2n) is 6.46. The van der Waals surface area contributed by atoms with Gasteiger partial charge in [0.15, 0.2) is 5.96 Å². The third kappa shape index (κ3) is 6.32. The predicted octanol–water partition coefficient (Wildman–Crippen LogP) is 1.92. The van der Waals surface area contributed by atoms with Gasteiger partial charge >= 0.3 is 0 Å². The zero-order valence-electron chi connectivity index (χ0n) is 15.6. The summed E-state index contributed by atoms with van der Waals surface area (Å²) in [5, 5.41) is 8.69. The van der Waals surface area contributed by atoms with E-state index >= 15 is 0 Å². The van der Waals surface area contributed by atoms with Crippen molar-refractivity contribution in [3.8, 4) is 0 Å². The Morgan fingerprint density at radius 2 is 2.12 bits per heavy atom. The van der Waals surface area contributed by atoms with Gasteiger partial charge in [0.2, 0.25) is 5.91 Å². The summed E-state index contributed by atoms with van der Waals surface area (Å²) in [6.07, 6.45) is 3.02. The van der Waals surface area contributed by atoms with Crippen molar-refractivity contribution in [1.82, 2.24) is 20.4 Å². The molecular formula is C18H31N5OS. The van der Waals surface area contributed by atoms with E-state index in [1.807, 2.05) is 0 Å². The second kappa shape index (κ2) is 10.4. The summed E-state index contributed by atoms with van der Waals surface area (Å²) in [4.78, 5) is 22.0. The predicted molar refractivity (Wildman–Crippen MR) is 105 cm³/mol. The molecule has 1 saturated heterocycles. The van der Waals surface area contributed by atoms with Gasteiger partial charge in [-0.05, 0) is 44.3 Å². The minimum atomic E-state index is 0.122. The molecule has 1 amide bonds. The second-order valence-corrected chi connectivity index (χ2v) is 7.44. The number of hydrogen-bond acceptors (Lipinski definition) is 4. The number of rotatable bonds is 8.